The molecule has 1 unspecified atom stereocenters. The number of hydrogen-bond acceptors (Lipinski definition) is 4. The van der Waals surface area contributed by atoms with E-state index in [0.29, 0.717) is 6.04 Å². The third kappa shape index (κ3) is 3.44. The maximum Gasteiger partial charge on any atom is 0.161 e. The van der Waals surface area contributed by atoms with E-state index >= 15 is 0 Å². The standard InChI is InChI=1S/C21H27NO4/c1-22-9-8-15-12-20(25-4)21(26-5)13-16(15)17(22)10-14-6-7-18(23-2)19(11-14)24-3/h6-7,11-13,17H,8-10H2,1-5H3/p+1/t17-/m1/s1. The number of fused-ring (bicyclic) bond motifs is 1. The first-order valence-corrected chi connectivity index (χ1v) is 8.89. The van der Waals surface area contributed by atoms with Gasteiger partial charge in [0, 0.05) is 18.4 Å². The van der Waals surface area contributed by atoms with Crippen LogP contribution in [0.4, 0.5) is 0 Å². The van der Waals surface area contributed by atoms with Gasteiger partial charge in [0.25, 0.3) is 0 Å². The Balaban J connectivity index is 1.96. The van der Waals surface area contributed by atoms with Crippen molar-refractivity contribution in [1.82, 2.24) is 0 Å². The van der Waals surface area contributed by atoms with Gasteiger partial charge in [-0.25, -0.2) is 0 Å². The Morgan fingerprint density at radius 3 is 2.12 bits per heavy atom. The van der Waals surface area contributed by atoms with E-state index in [-0.39, 0.29) is 0 Å². The molecule has 0 radical (unpaired) electrons. The van der Waals surface area contributed by atoms with Crippen LogP contribution in [0.3, 0.4) is 0 Å². The molecule has 2 aromatic rings. The van der Waals surface area contributed by atoms with Crippen LogP contribution in [-0.4, -0.2) is 42.0 Å². The number of ether oxygens (including phenoxy) is 4. The van der Waals surface area contributed by atoms with E-state index in [4.69, 9.17) is 18.9 Å². The summed E-state index contributed by atoms with van der Waals surface area (Å²) in [5, 5.41) is 0. The molecule has 5 nitrogen and oxygen atoms in total. The molecule has 2 aromatic carbocycles. The second kappa shape index (κ2) is 7.87. The average molecular weight is 358 g/mol. The molecule has 1 aliphatic heterocycles. The predicted molar refractivity (Wildman–Crippen MR) is 101 cm³/mol. The van der Waals surface area contributed by atoms with Gasteiger partial charge in [0.1, 0.15) is 6.04 Å². The number of rotatable bonds is 6. The van der Waals surface area contributed by atoms with E-state index < -0.39 is 0 Å². The fourth-order valence-corrected chi connectivity index (χ4v) is 3.78. The van der Waals surface area contributed by atoms with E-state index in [9.17, 15) is 0 Å². The van der Waals surface area contributed by atoms with Crippen LogP contribution in [0, 0.1) is 0 Å². The fourth-order valence-electron chi connectivity index (χ4n) is 3.78. The lowest BCUT2D eigenvalue weighted by Gasteiger charge is -2.32. The van der Waals surface area contributed by atoms with Crippen molar-refractivity contribution in [3.05, 3.63) is 47.0 Å². The molecule has 2 atom stereocenters. The van der Waals surface area contributed by atoms with Crippen LogP contribution < -0.4 is 23.8 Å². The van der Waals surface area contributed by atoms with Gasteiger partial charge in [-0.05, 0) is 35.4 Å². The van der Waals surface area contributed by atoms with Crippen molar-refractivity contribution in [2.24, 2.45) is 0 Å². The summed E-state index contributed by atoms with van der Waals surface area (Å²) in [5.74, 6) is 3.12. The minimum Gasteiger partial charge on any atom is -0.493 e. The summed E-state index contributed by atoms with van der Waals surface area (Å²) in [7, 11) is 8.96. The lowest BCUT2D eigenvalue weighted by molar-refractivity contribution is -0.914. The van der Waals surface area contributed by atoms with E-state index in [1.54, 1.807) is 28.4 Å². The van der Waals surface area contributed by atoms with Gasteiger partial charge in [0.05, 0.1) is 42.0 Å². The normalized spacial score (nSPS) is 18.8. The summed E-state index contributed by atoms with van der Waals surface area (Å²) in [6.07, 6.45) is 1.97. The first-order chi connectivity index (χ1) is 12.6. The van der Waals surface area contributed by atoms with Gasteiger partial charge in [0.2, 0.25) is 0 Å². The molecule has 3 rings (SSSR count). The van der Waals surface area contributed by atoms with E-state index in [1.165, 1.54) is 21.6 Å². The average Bonchev–Trinajstić information content (AvgIpc) is 2.68. The topological polar surface area (TPSA) is 41.4 Å². The maximum atomic E-state index is 5.53. The van der Waals surface area contributed by atoms with E-state index in [1.807, 2.05) is 6.07 Å². The molecule has 0 fully saturated rings. The van der Waals surface area contributed by atoms with E-state index in [0.717, 1.165) is 42.4 Å². The van der Waals surface area contributed by atoms with Crippen LogP contribution >= 0.6 is 0 Å². The summed E-state index contributed by atoms with van der Waals surface area (Å²) >= 11 is 0. The second-order valence-electron chi connectivity index (χ2n) is 6.70. The highest BCUT2D eigenvalue weighted by Gasteiger charge is 2.30. The van der Waals surface area contributed by atoms with Crippen molar-refractivity contribution in [2.45, 2.75) is 18.9 Å². The number of methoxy groups -OCH3 is 4. The Morgan fingerprint density at radius 1 is 0.846 bits per heavy atom. The Labute approximate surface area is 155 Å². The second-order valence-corrected chi connectivity index (χ2v) is 6.70. The van der Waals surface area contributed by atoms with Crippen LogP contribution in [0.2, 0.25) is 0 Å². The van der Waals surface area contributed by atoms with Gasteiger partial charge >= 0.3 is 0 Å². The summed E-state index contributed by atoms with van der Waals surface area (Å²) in [5.41, 5.74) is 3.91. The van der Waals surface area contributed by atoms with Crippen molar-refractivity contribution >= 4 is 0 Å². The lowest BCUT2D eigenvalue weighted by atomic mass is 9.88. The quantitative estimate of drug-likeness (QED) is 0.858. The molecule has 140 valence electrons. The molecule has 0 bridgehead atoms. The Kier molecular flexibility index (Phi) is 5.57. The third-order valence-corrected chi connectivity index (χ3v) is 5.29. The number of hydrogen-bond donors (Lipinski definition) is 1. The zero-order valence-electron chi connectivity index (χ0n) is 16.2. The molecule has 0 saturated heterocycles. The predicted octanol–water partition coefficient (Wildman–Crippen LogP) is 2.08. The fraction of sp³-hybridized carbons (Fsp3) is 0.429. The van der Waals surface area contributed by atoms with Crippen molar-refractivity contribution in [3.8, 4) is 23.0 Å². The maximum absolute atomic E-state index is 5.53. The molecule has 0 spiro atoms. The monoisotopic (exact) mass is 358 g/mol. The zero-order chi connectivity index (χ0) is 18.7. The van der Waals surface area contributed by atoms with Crippen molar-refractivity contribution in [3.63, 3.8) is 0 Å². The molecule has 0 aliphatic carbocycles. The lowest BCUT2D eigenvalue weighted by Crippen LogP contribution is -3.10. The summed E-state index contributed by atoms with van der Waals surface area (Å²) in [6.45, 7) is 1.10. The van der Waals surface area contributed by atoms with Crippen molar-refractivity contribution in [2.75, 3.05) is 42.0 Å². The Bertz CT molecular complexity index is 775. The van der Waals surface area contributed by atoms with Gasteiger partial charge in [0.15, 0.2) is 23.0 Å². The highest BCUT2D eigenvalue weighted by molar-refractivity contribution is 5.49. The zero-order valence-corrected chi connectivity index (χ0v) is 16.2. The number of nitrogens with one attached hydrogen (secondary N) is 1. The van der Waals surface area contributed by atoms with Crippen molar-refractivity contribution in [1.29, 1.82) is 0 Å². The molecule has 0 aromatic heterocycles. The molecule has 1 aliphatic rings. The highest BCUT2D eigenvalue weighted by atomic mass is 16.5. The first kappa shape index (κ1) is 18.4. The third-order valence-electron chi connectivity index (χ3n) is 5.29. The highest BCUT2D eigenvalue weighted by Crippen LogP contribution is 2.36. The smallest absolute Gasteiger partial charge is 0.161 e. The van der Waals surface area contributed by atoms with Crippen LogP contribution in [0.25, 0.3) is 0 Å². The van der Waals surface area contributed by atoms with E-state index in [2.05, 4.69) is 31.3 Å². The SMILES string of the molecule is COc1ccc(C[C@@H]2c3cc(OC)c(OC)cc3CC[NH+]2C)cc1OC. The molecular weight excluding hydrogens is 330 g/mol. The molecule has 26 heavy (non-hydrogen) atoms. The summed E-state index contributed by atoms with van der Waals surface area (Å²) < 4.78 is 21.8. The number of likely N-dealkylation sites (N-methyl/N-ethyl adjacent to an activating group) is 1. The minimum absolute atomic E-state index is 0.358. The number of quaternary nitrogens is 1. The first-order valence-electron chi connectivity index (χ1n) is 8.89. The molecule has 5 heteroatoms. The van der Waals surface area contributed by atoms with Gasteiger partial charge < -0.3 is 23.8 Å². The van der Waals surface area contributed by atoms with Gasteiger partial charge in [-0.2, -0.15) is 0 Å². The van der Waals surface area contributed by atoms with Crippen molar-refractivity contribution < 1.29 is 23.8 Å². The molecule has 1 N–H and O–H groups in total. The minimum atomic E-state index is 0.358. The Morgan fingerprint density at radius 2 is 1.46 bits per heavy atom. The molecular formula is C21H28NO4+. The Hall–Kier alpha value is -2.40. The molecule has 0 amide bonds. The van der Waals surface area contributed by atoms with Crippen LogP contribution in [-0.2, 0) is 12.8 Å². The molecule has 0 saturated carbocycles. The van der Waals surface area contributed by atoms with Gasteiger partial charge in [-0.15, -0.1) is 0 Å². The van der Waals surface area contributed by atoms with Gasteiger partial charge in [-0.3, -0.25) is 0 Å². The largest absolute Gasteiger partial charge is 0.493 e. The van der Waals surface area contributed by atoms with Crippen LogP contribution in [0.15, 0.2) is 30.3 Å². The molecule has 1 heterocycles. The number of benzene rings is 2. The van der Waals surface area contributed by atoms with Gasteiger partial charge in [-0.1, -0.05) is 6.07 Å². The van der Waals surface area contributed by atoms with Crippen LogP contribution in [0.1, 0.15) is 22.7 Å². The summed E-state index contributed by atoms with van der Waals surface area (Å²) in [4.78, 5) is 1.50. The van der Waals surface area contributed by atoms with Crippen LogP contribution in [0.5, 0.6) is 23.0 Å². The summed E-state index contributed by atoms with van der Waals surface area (Å²) in [6, 6.07) is 10.8.